The minimum atomic E-state index is -1.36. The highest BCUT2D eigenvalue weighted by Crippen LogP contribution is 2.19. The van der Waals surface area contributed by atoms with Crippen LogP contribution in [-0.2, 0) is 19.1 Å². The Kier molecular flexibility index (Phi) is 3.78. The number of hydrogen-bond acceptors (Lipinski definition) is 4. The summed E-state index contributed by atoms with van der Waals surface area (Å²) in [6.45, 7) is 5.76. The summed E-state index contributed by atoms with van der Waals surface area (Å²) in [5, 5.41) is 0. The predicted octanol–water partition coefficient (Wildman–Crippen LogP) is 0.734. The molecular weight excluding hydrogens is 172 g/mol. The van der Waals surface area contributed by atoms with Gasteiger partial charge >= 0.3 is 5.97 Å². The van der Waals surface area contributed by atoms with E-state index in [4.69, 9.17) is 0 Å². The molecule has 0 saturated carbocycles. The lowest BCUT2D eigenvalue weighted by molar-refractivity contribution is -0.160. The van der Waals surface area contributed by atoms with Gasteiger partial charge in [-0.3, -0.25) is 14.4 Å². The first-order chi connectivity index (χ1) is 5.84. The number of carbonyl (C=O) groups is 3. The molecule has 74 valence electrons. The lowest BCUT2D eigenvalue weighted by Gasteiger charge is -2.18. The smallest absolute Gasteiger partial charge is 0.319 e. The number of carbonyl (C=O) groups excluding carboxylic acids is 3. The van der Waals surface area contributed by atoms with Crippen LogP contribution in [0.3, 0.4) is 0 Å². The van der Waals surface area contributed by atoms with Crippen molar-refractivity contribution < 1.29 is 19.1 Å². The molecule has 0 spiro atoms. The van der Waals surface area contributed by atoms with E-state index in [2.05, 4.69) is 4.74 Å². The molecule has 0 N–H and O–H groups in total. The summed E-state index contributed by atoms with van der Waals surface area (Å²) in [4.78, 5) is 33.2. The van der Waals surface area contributed by atoms with Gasteiger partial charge in [0.15, 0.2) is 5.78 Å². The maximum absolute atomic E-state index is 11.2. The molecule has 0 atom stereocenters. The quantitative estimate of drug-likeness (QED) is 0.369. The third kappa shape index (κ3) is 2.65. The summed E-state index contributed by atoms with van der Waals surface area (Å²) in [6, 6.07) is 0. The highest BCUT2D eigenvalue weighted by atomic mass is 16.5. The van der Waals surface area contributed by atoms with Crippen molar-refractivity contribution in [3.63, 3.8) is 0 Å². The number of Topliss-reactive ketones (excluding diaryl/α,β-unsaturated/α-hetero) is 2. The zero-order valence-corrected chi connectivity index (χ0v) is 8.34. The lowest BCUT2D eigenvalue weighted by Crippen LogP contribution is -2.38. The normalized spacial score (nSPS) is 10.8. The van der Waals surface area contributed by atoms with Gasteiger partial charge in [0, 0.05) is 6.92 Å². The van der Waals surface area contributed by atoms with Crippen molar-refractivity contribution in [2.75, 3.05) is 6.61 Å². The average molecular weight is 186 g/mol. The summed E-state index contributed by atoms with van der Waals surface area (Å²) in [6.07, 6.45) is 0. The Bertz CT molecular complexity index is 240. The van der Waals surface area contributed by atoms with Crippen LogP contribution in [0.2, 0.25) is 0 Å². The second kappa shape index (κ2) is 4.16. The average Bonchev–Trinajstić information content (AvgIpc) is 2.03. The Labute approximate surface area is 77.3 Å². The number of ketones is 2. The highest BCUT2D eigenvalue weighted by Gasteiger charge is 2.39. The van der Waals surface area contributed by atoms with Gasteiger partial charge in [-0.05, 0) is 20.8 Å². The molecule has 0 saturated heterocycles. The summed E-state index contributed by atoms with van der Waals surface area (Å²) < 4.78 is 4.67. The maximum Gasteiger partial charge on any atom is 0.319 e. The Hall–Kier alpha value is -1.19. The molecule has 4 heteroatoms. The van der Waals surface area contributed by atoms with Gasteiger partial charge in [-0.25, -0.2) is 0 Å². The number of esters is 1. The standard InChI is InChI=1S/C9H14O4/c1-5-13-8(12)9(3,4)7(11)6(2)10/h5H2,1-4H3. The molecule has 0 rings (SSSR count). The Balaban J connectivity index is 4.65. The van der Waals surface area contributed by atoms with Crippen molar-refractivity contribution in [1.82, 2.24) is 0 Å². The van der Waals surface area contributed by atoms with Gasteiger partial charge in [0.25, 0.3) is 0 Å². The second-order valence-electron chi connectivity index (χ2n) is 3.23. The van der Waals surface area contributed by atoms with Crippen molar-refractivity contribution >= 4 is 17.5 Å². The molecule has 13 heavy (non-hydrogen) atoms. The minimum absolute atomic E-state index is 0.202. The maximum atomic E-state index is 11.2. The Morgan fingerprint density at radius 2 is 1.69 bits per heavy atom. The van der Waals surface area contributed by atoms with Crippen molar-refractivity contribution in [2.45, 2.75) is 27.7 Å². The molecule has 0 aliphatic rings. The number of ether oxygens (including phenoxy) is 1. The van der Waals surface area contributed by atoms with E-state index in [0.29, 0.717) is 0 Å². The first-order valence-electron chi connectivity index (χ1n) is 4.06. The number of rotatable bonds is 4. The molecule has 0 aliphatic heterocycles. The van der Waals surface area contributed by atoms with Gasteiger partial charge in [-0.1, -0.05) is 0 Å². The molecule has 0 heterocycles. The van der Waals surface area contributed by atoms with Crippen LogP contribution in [0.4, 0.5) is 0 Å². The van der Waals surface area contributed by atoms with E-state index >= 15 is 0 Å². The third-order valence-electron chi connectivity index (χ3n) is 1.67. The van der Waals surface area contributed by atoms with E-state index in [1.165, 1.54) is 13.8 Å². The fourth-order valence-corrected chi connectivity index (χ4v) is 0.844. The zero-order valence-electron chi connectivity index (χ0n) is 8.34. The minimum Gasteiger partial charge on any atom is -0.465 e. The molecule has 0 unspecified atom stereocenters. The van der Waals surface area contributed by atoms with Crippen molar-refractivity contribution in [3.8, 4) is 0 Å². The van der Waals surface area contributed by atoms with E-state index < -0.39 is 23.0 Å². The Morgan fingerprint density at radius 3 is 2.00 bits per heavy atom. The molecule has 0 fully saturated rings. The highest BCUT2D eigenvalue weighted by molar-refractivity contribution is 6.41. The van der Waals surface area contributed by atoms with Crippen LogP contribution in [0, 0.1) is 5.41 Å². The first kappa shape index (κ1) is 11.8. The van der Waals surface area contributed by atoms with Crippen LogP contribution in [0.15, 0.2) is 0 Å². The van der Waals surface area contributed by atoms with Crippen LogP contribution in [0.1, 0.15) is 27.7 Å². The molecule has 0 radical (unpaired) electrons. The van der Waals surface area contributed by atoms with E-state index in [-0.39, 0.29) is 6.61 Å². The third-order valence-corrected chi connectivity index (χ3v) is 1.67. The van der Waals surface area contributed by atoms with Gasteiger partial charge in [0.2, 0.25) is 5.78 Å². The fraction of sp³-hybridized carbons (Fsp3) is 0.667. The van der Waals surface area contributed by atoms with Gasteiger partial charge < -0.3 is 4.74 Å². The van der Waals surface area contributed by atoms with Crippen molar-refractivity contribution in [3.05, 3.63) is 0 Å². The van der Waals surface area contributed by atoms with Gasteiger partial charge in [0.05, 0.1) is 6.61 Å². The van der Waals surface area contributed by atoms with Crippen LogP contribution in [-0.4, -0.2) is 24.1 Å². The molecule has 0 aromatic carbocycles. The molecule has 0 aromatic rings. The SMILES string of the molecule is CCOC(=O)C(C)(C)C(=O)C(C)=O. The van der Waals surface area contributed by atoms with Crippen LogP contribution in [0.5, 0.6) is 0 Å². The van der Waals surface area contributed by atoms with Crippen LogP contribution >= 0.6 is 0 Å². The van der Waals surface area contributed by atoms with Crippen molar-refractivity contribution in [1.29, 1.82) is 0 Å². The molecule has 0 amide bonds. The van der Waals surface area contributed by atoms with Gasteiger partial charge in [-0.2, -0.15) is 0 Å². The molecule has 4 nitrogen and oxygen atoms in total. The van der Waals surface area contributed by atoms with E-state index in [1.54, 1.807) is 6.92 Å². The summed E-state index contributed by atoms with van der Waals surface area (Å²) in [5.41, 5.74) is -1.36. The topological polar surface area (TPSA) is 60.4 Å². The van der Waals surface area contributed by atoms with E-state index in [0.717, 1.165) is 6.92 Å². The second-order valence-corrected chi connectivity index (χ2v) is 3.23. The lowest BCUT2D eigenvalue weighted by atomic mass is 9.86. The molecule has 0 aliphatic carbocycles. The largest absolute Gasteiger partial charge is 0.465 e. The monoisotopic (exact) mass is 186 g/mol. The fourth-order valence-electron chi connectivity index (χ4n) is 0.844. The summed E-state index contributed by atoms with van der Waals surface area (Å²) >= 11 is 0. The summed E-state index contributed by atoms with van der Waals surface area (Å²) in [7, 11) is 0. The molecule has 0 aromatic heterocycles. The summed E-state index contributed by atoms with van der Waals surface area (Å²) in [5.74, 6) is -2.00. The first-order valence-corrected chi connectivity index (χ1v) is 4.06. The molecular formula is C9H14O4. The Morgan fingerprint density at radius 1 is 1.23 bits per heavy atom. The molecule has 0 bridgehead atoms. The predicted molar refractivity (Wildman–Crippen MR) is 46.1 cm³/mol. The van der Waals surface area contributed by atoms with E-state index in [9.17, 15) is 14.4 Å². The number of hydrogen-bond donors (Lipinski definition) is 0. The van der Waals surface area contributed by atoms with Gasteiger partial charge in [0.1, 0.15) is 5.41 Å². The van der Waals surface area contributed by atoms with E-state index in [1.807, 2.05) is 0 Å². The van der Waals surface area contributed by atoms with Crippen molar-refractivity contribution in [2.24, 2.45) is 5.41 Å². The van der Waals surface area contributed by atoms with Crippen LogP contribution < -0.4 is 0 Å². The van der Waals surface area contributed by atoms with Gasteiger partial charge in [-0.15, -0.1) is 0 Å². The van der Waals surface area contributed by atoms with Crippen LogP contribution in [0.25, 0.3) is 0 Å². The zero-order chi connectivity index (χ0) is 10.6.